The lowest BCUT2D eigenvalue weighted by molar-refractivity contribution is 0.320. The average Bonchev–Trinajstić information content (AvgIpc) is 2.66. The van der Waals surface area contributed by atoms with Gasteiger partial charge in [0, 0.05) is 16.5 Å². The lowest BCUT2D eigenvalue weighted by Crippen LogP contribution is -2.31. The maximum absolute atomic E-state index is 11.1. The fourth-order valence-corrected chi connectivity index (χ4v) is 5.43. The number of phenols is 2. The van der Waals surface area contributed by atoms with Crippen molar-refractivity contribution in [2.45, 2.75) is 77.0 Å². The molecule has 1 saturated carbocycles. The van der Waals surface area contributed by atoms with Crippen LogP contribution in [0.1, 0.15) is 93.9 Å². The molecule has 0 aromatic heterocycles. The van der Waals surface area contributed by atoms with E-state index in [0.29, 0.717) is 23.3 Å². The van der Waals surface area contributed by atoms with Gasteiger partial charge in [-0.25, -0.2) is 0 Å². The molecule has 0 unspecified atom stereocenters. The van der Waals surface area contributed by atoms with Crippen molar-refractivity contribution in [1.82, 2.24) is 0 Å². The molecule has 3 rings (SSSR count). The van der Waals surface area contributed by atoms with Crippen LogP contribution in [0.4, 0.5) is 0 Å². The van der Waals surface area contributed by atoms with Gasteiger partial charge in [0.2, 0.25) is 0 Å². The molecule has 2 nitrogen and oxygen atoms in total. The standard InChI is InChI=1S/C24H30Br2O2/c1-14(2)16-10-18(22(27)20(25)12-16)24(8-6-5-7-9-24)19-11-17(15(3)4)13-21(26)23(19)28/h10-15,27-28H,5-9H2,1-4H3. The van der Waals surface area contributed by atoms with E-state index >= 15 is 0 Å². The Hall–Kier alpha value is -1.00. The number of rotatable bonds is 4. The van der Waals surface area contributed by atoms with Crippen molar-refractivity contribution in [1.29, 1.82) is 0 Å². The van der Waals surface area contributed by atoms with E-state index in [0.717, 1.165) is 45.8 Å². The molecule has 0 saturated heterocycles. The summed E-state index contributed by atoms with van der Waals surface area (Å²) in [6.07, 6.45) is 5.23. The molecule has 1 fully saturated rings. The summed E-state index contributed by atoms with van der Waals surface area (Å²) in [4.78, 5) is 0. The summed E-state index contributed by atoms with van der Waals surface area (Å²) in [7, 11) is 0. The van der Waals surface area contributed by atoms with Crippen molar-refractivity contribution < 1.29 is 10.2 Å². The summed E-state index contributed by atoms with van der Waals surface area (Å²) < 4.78 is 1.47. The van der Waals surface area contributed by atoms with E-state index in [-0.39, 0.29) is 5.41 Å². The Morgan fingerprint density at radius 3 is 1.46 bits per heavy atom. The molecule has 0 spiro atoms. The zero-order chi connectivity index (χ0) is 20.6. The lowest BCUT2D eigenvalue weighted by Gasteiger charge is -2.40. The van der Waals surface area contributed by atoms with Crippen molar-refractivity contribution in [2.75, 3.05) is 0 Å². The Morgan fingerprint density at radius 1 is 0.714 bits per heavy atom. The smallest absolute Gasteiger partial charge is 0.133 e. The Morgan fingerprint density at radius 2 is 1.11 bits per heavy atom. The second-order valence-electron chi connectivity index (χ2n) is 8.75. The third-order valence-corrected chi connectivity index (χ3v) is 7.45. The van der Waals surface area contributed by atoms with E-state index < -0.39 is 0 Å². The monoisotopic (exact) mass is 508 g/mol. The predicted molar refractivity (Wildman–Crippen MR) is 124 cm³/mol. The second-order valence-corrected chi connectivity index (χ2v) is 10.5. The largest absolute Gasteiger partial charge is 0.506 e. The van der Waals surface area contributed by atoms with Crippen LogP contribution in [0.25, 0.3) is 0 Å². The Bertz CT molecular complexity index is 800. The van der Waals surface area contributed by atoms with Gasteiger partial charge in [0.1, 0.15) is 11.5 Å². The minimum Gasteiger partial charge on any atom is -0.506 e. The SMILES string of the molecule is CC(C)c1cc(Br)c(O)c(C2(c3cc(C(C)C)cc(Br)c3O)CCCCC2)c1. The van der Waals surface area contributed by atoms with Gasteiger partial charge in [-0.1, -0.05) is 59.1 Å². The highest BCUT2D eigenvalue weighted by Gasteiger charge is 2.41. The third kappa shape index (κ3) is 3.87. The van der Waals surface area contributed by atoms with Crippen LogP contribution in [0.5, 0.6) is 11.5 Å². The fraction of sp³-hybridized carbons (Fsp3) is 0.500. The molecule has 1 aliphatic rings. The molecule has 0 bridgehead atoms. The van der Waals surface area contributed by atoms with E-state index in [2.05, 4.69) is 71.7 Å². The first kappa shape index (κ1) is 21.7. The maximum Gasteiger partial charge on any atom is 0.133 e. The number of aromatic hydroxyl groups is 2. The maximum atomic E-state index is 11.1. The van der Waals surface area contributed by atoms with Crippen LogP contribution in [0.3, 0.4) is 0 Å². The van der Waals surface area contributed by atoms with Crippen LogP contribution in [0, 0.1) is 0 Å². The van der Waals surface area contributed by atoms with E-state index in [1.807, 2.05) is 12.1 Å². The number of phenolic OH excluding ortho intramolecular Hbond substituents is 2. The summed E-state index contributed by atoms with van der Waals surface area (Å²) in [6.45, 7) is 8.68. The molecule has 2 aromatic rings. The van der Waals surface area contributed by atoms with E-state index in [9.17, 15) is 10.2 Å². The summed E-state index contributed by atoms with van der Waals surface area (Å²) in [6, 6.07) is 8.34. The number of benzene rings is 2. The van der Waals surface area contributed by atoms with Crippen LogP contribution in [-0.4, -0.2) is 10.2 Å². The van der Waals surface area contributed by atoms with Crippen LogP contribution < -0.4 is 0 Å². The first-order chi connectivity index (χ1) is 13.2. The number of halogens is 2. The summed E-state index contributed by atoms with van der Waals surface area (Å²) in [5.41, 5.74) is 3.89. The van der Waals surface area contributed by atoms with Gasteiger partial charge in [-0.2, -0.15) is 0 Å². The van der Waals surface area contributed by atoms with Crippen LogP contribution in [-0.2, 0) is 5.41 Å². The van der Waals surface area contributed by atoms with Crippen LogP contribution in [0.2, 0.25) is 0 Å². The molecular formula is C24H30Br2O2. The van der Waals surface area contributed by atoms with Crippen molar-refractivity contribution in [3.05, 3.63) is 55.5 Å². The first-order valence-corrected chi connectivity index (χ1v) is 11.8. The van der Waals surface area contributed by atoms with Crippen molar-refractivity contribution >= 4 is 31.9 Å². The Balaban J connectivity index is 2.33. The Labute approximate surface area is 185 Å². The minimum absolute atomic E-state index is 0.303. The first-order valence-electron chi connectivity index (χ1n) is 10.2. The molecule has 1 aliphatic carbocycles. The van der Waals surface area contributed by atoms with Gasteiger partial charge in [0.25, 0.3) is 0 Å². The zero-order valence-corrected chi connectivity index (χ0v) is 20.3. The summed E-state index contributed by atoms with van der Waals surface area (Å²) >= 11 is 7.15. The summed E-state index contributed by atoms with van der Waals surface area (Å²) in [5, 5.41) is 22.2. The van der Waals surface area contributed by atoms with Gasteiger partial charge in [0.15, 0.2) is 0 Å². The topological polar surface area (TPSA) is 40.5 Å². The van der Waals surface area contributed by atoms with Gasteiger partial charge >= 0.3 is 0 Å². The molecule has 0 heterocycles. The number of hydrogen-bond donors (Lipinski definition) is 2. The predicted octanol–water partition coefficient (Wildman–Crippen LogP) is 8.12. The molecule has 0 atom stereocenters. The minimum atomic E-state index is -0.382. The van der Waals surface area contributed by atoms with Gasteiger partial charge in [-0.05, 0) is 79.8 Å². The van der Waals surface area contributed by atoms with Crippen LogP contribution >= 0.6 is 31.9 Å². The quantitative estimate of drug-likeness (QED) is 0.436. The molecule has 0 aliphatic heterocycles. The highest BCUT2D eigenvalue weighted by Crippen LogP contribution is 2.53. The van der Waals surface area contributed by atoms with E-state index in [4.69, 9.17) is 0 Å². The van der Waals surface area contributed by atoms with Crippen molar-refractivity contribution in [3.63, 3.8) is 0 Å². The normalized spacial score (nSPS) is 16.7. The molecule has 0 radical (unpaired) electrons. The molecule has 2 aromatic carbocycles. The third-order valence-electron chi connectivity index (χ3n) is 6.24. The van der Waals surface area contributed by atoms with Crippen molar-refractivity contribution in [2.24, 2.45) is 0 Å². The zero-order valence-electron chi connectivity index (χ0n) is 17.1. The Kier molecular flexibility index (Phi) is 6.51. The van der Waals surface area contributed by atoms with E-state index in [1.54, 1.807) is 0 Å². The molecule has 152 valence electrons. The highest BCUT2D eigenvalue weighted by atomic mass is 79.9. The molecule has 4 heteroatoms. The molecular weight excluding hydrogens is 480 g/mol. The lowest BCUT2D eigenvalue weighted by atomic mass is 9.64. The van der Waals surface area contributed by atoms with Crippen molar-refractivity contribution in [3.8, 4) is 11.5 Å². The summed E-state index contributed by atoms with van der Waals surface area (Å²) in [5.74, 6) is 1.32. The van der Waals surface area contributed by atoms with Gasteiger partial charge in [0.05, 0.1) is 8.95 Å². The molecule has 0 amide bonds. The molecule has 2 N–H and O–H groups in total. The van der Waals surface area contributed by atoms with Gasteiger partial charge in [-0.3, -0.25) is 0 Å². The fourth-order valence-electron chi connectivity index (χ4n) is 4.48. The number of hydrogen-bond acceptors (Lipinski definition) is 2. The van der Waals surface area contributed by atoms with Gasteiger partial charge in [-0.15, -0.1) is 0 Å². The van der Waals surface area contributed by atoms with Crippen LogP contribution in [0.15, 0.2) is 33.2 Å². The highest BCUT2D eigenvalue weighted by molar-refractivity contribution is 9.10. The van der Waals surface area contributed by atoms with E-state index in [1.165, 1.54) is 17.5 Å². The molecule has 28 heavy (non-hydrogen) atoms. The average molecular weight is 510 g/mol. The van der Waals surface area contributed by atoms with Gasteiger partial charge < -0.3 is 10.2 Å². The second kappa shape index (κ2) is 8.39.